The zero-order chi connectivity index (χ0) is 15.6. The van der Waals surface area contributed by atoms with E-state index in [1.165, 1.54) is 0 Å². The van der Waals surface area contributed by atoms with Gasteiger partial charge in [0.05, 0.1) is 6.61 Å². The van der Waals surface area contributed by atoms with Gasteiger partial charge in [0.1, 0.15) is 11.7 Å². The molecule has 2 unspecified atom stereocenters. The fraction of sp³-hybridized carbons (Fsp3) is 0.333. The van der Waals surface area contributed by atoms with Crippen molar-refractivity contribution in [2.75, 3.05) is 6.61 Å². The number of rotatable bonds is 3. The van der Waals surface area contributed by atoms with Gasteiger partial charge in [-0.25, -0.2) is 0 Å². The zero-order valence-corrected chi connectivity index (χ0v) is 12.8. The van der Waals surface area contributed by atoms with Crippen LogP contribution < -0.4 is 0 Å². The number of benzene rings is 1. The molecule has 0 amide bonds. The Bertz CT molecular complexity index is 610. The number of hydrogen-bond acceptors (Lipinski definition) is 4. The number of hydrogen-bond donors (Lipinski definition) is 1. The lowest BCUT2D eigenvalue weighted by molar-refractivity contribution is -0.148. The second-order valence-electron chi connectivity index (χ2n) is 4.74. The second kappa shape index (κ2) is 6.50. The number of ketones is 1. The molecule has 0 spiro atoms. The van der Waals surface area contributed by atoms with E-state index in [0.717, 1.165) is 6.08 Å². The molecule has 0 saturated carbocycles. The average molecular weight is 329 g/mol. The van der Waals surface area contributed by atoms with Gasteiger partial charge in [0.25, 0.3) is 0 Å². The van der Waals surface area contributed by atoms with E-state index >= 15 is 0 Å². The van der Waals surface area contributed by atoms with Gasteiger partial charge in [0.15, 0.2) is 5.78 Å². The van der Waals surface area contributed by atoms with Crippen LogP contribution in [0.25, 0.3) is 0 Å². The number of esters is 1. The van der Waals surface area contributed by atoms with Crippen molar-refractivity contribution in [3.05, 3.63) is 45.6 Å². The highest BCUT2D eigenvalue weighted by Crippen LogP contribution is 2.40. The van der Waals surface area contributed by atoms with E-state index in [0.29, 0.717) is 15.6 Å². The largest absolute Gasteiger partial charge is 0.511 e. The molecule has 0 aromatic heterocycles. The van der Waals surface area contributed by atoms with Crippen LogP contribution in [-0.2, 0) is 14.3 Å². The van der Waals surface area contributed by atoms with E-state index in [4.69, 9.17) is 27.9 Å². The van der Waals surface area contributed by atoms with Gasteiger partial charge in [0, 0.05) is 28.5 Å². The van der Waals surface area contributed by atoms with Crippen LogP contribution in [0.1, 0.15) is 24.8 Å². The van der Waals surface area contributed by atoms with Gasteiger partial charge in [0.2, 0.25) is 0 Å². The first-order valence-electron chi connectivity index (χ1n) is 6.49. The predicted molar refractivity (Wildman–Crippen MR) is 79.7 cm³/mol. The van der Waals surface area contributed by atoms with Crippen molar-refractivity contribution in [2.24, 2.45) is 5.92 Å². The first-order chi connectivity index (χ1) is 9.93. The van der Waals surface area contributed by atoms with Gasteiger partial charge in [-0.15, -0.1) is 0 Å². The van der Waals surface area contributed by atoms with Crippen LogP contribution in [0.15, 0.2) is 30.0 Å². The maximum absolute atomic E-state index is 12.1. The molecule has 21 heavy (non-hydrogen) atoms. The number of ether oxygens (including phenoxy) is 1. The van der Waals surface area contributed by atoms with Crippen LogP contribution in [-0.4, -0.2) is 23.5 Å². The van der Waals surface area contributed by atoms with Crippen LogP contribution in [0.4, 0.5) is 0 Å². The summed E-state index contributed by atoms with van der Waals surface area (Å²) in [6, 6.07) is 4.83. The Kier molecular flexibility index (Phi) is 4.91. The summed E-state index contributed by atoms with van der Waals surface area (Å²) < 4.78 is 4.98. The molecule has 0 radical (unpaired) electrons. The Morgan fingerprint density at radius 1 is 1.43 bits per heavy atom. The summed E-state index contributed by atoms with van der Waals surface area (Å²) in [6.07, 6.45) is 1.15. The molecule has 0 aliphatic heterocycles. The third-order valence-electron chi connectivity index (χ3n) is 3.35. The summed E-state index contributed by atoms with van der Waals surface area (Å²) in [7, 11) is 0. The maximum Gasteiger partial charge on any atom is 0.317 e. The van der Waals surface area contributed by atoms with Gasteiger partial charge in [-0.05, 0) is 24.6 Å². The molecular formula is C15H14Cl2O4. The van der Waals surface area contributed by atoms with Gasteiger partial charge in [-0.2, -0.15) is 0 Å². The lowest BCUT2D eigenvalue weighted by Gasteiger charge is -2.28. The number of aliphatic hydroxyl groups is 1. The van der Waals surface area contributed by atoms with Crippen molar-refractivity contribution in [3.63, 3.8) is 0 Å². The summed E-state index contributed by atoms with van der Waals surface area (Å²) in [4.78, 5) is 23.8. The molecule has 6 heteroatoms. The van der Waals surface area contributed by atoms with Crippen LogP contribution >= 0.6 is 23.2 Å². The average Bonchev–Trinajstić information content (AvgIpc) is 2.37. The Morgan fingerprint density at radius 2 is 2.14 bits per heavy atom. The molecule has 112 valence electrons. The van der Waals surface area contributed by atoms with Crippen LogP contribution in [0.3, 0.4) is 0 Å². The van der Waals surface area contributed by atoms with E-state index in [-0.39, 0.29) is 24.6 Å². The summed E-state index contributed by atoms with van der Waals surface area (Å²) in [5.41, 5.74) is 0.590. The Balaban J connectivity index is 2.45. The topological polar surface area (TPSA) is 63.6 Å². The van der Waals surface area contributed by atoms with Crippen molar-refractivity contribution in [1.82, 2.24) is 0 Å². The zero-order valence-electron chi connectivity index (χ0n) is 11.3. The van der Waals surface area contributed by atoms with Crippen molar-refractivity contribution in [2.45, 2.75) is 19.3 Å². The van der Waals surface area contributed by atoms with Crippen molar-refractivity contribution >= 4 is 35.0 Å². The highest BCUT2D eigenvalue weighted by atomic mass is 35.5. The highest BCUT2D eigenvalue weighted by molar-refractivity contribution is 6.35. The summed E-state index contributed by atoms with van der Waals surface area (Å²) >= 11 is 12.0. The van der Waals surface area contributed by atoms with E-state index in [1.54, 1.807) is 25.1 Å². The number of halogens is 2. The molecule has 1 aliphatic rings. The third-order valence-corrected chi connectivity index (χ3v) is 3.92. The molecule has 1 aromatic rings. The van der Waals surface area contributed by atoms with Gasteiger partial charge in [-0.3, -0.25) is 9.59 Å². The molecule has 2 rings (SSSR count). The van der Waals surface area contributed by atoms with E-state index in [9.17, 15) is 14.7 Å². The Labute approximate surface area is 132 Å². The lowest BCUT2D eigenvalue weighted by Crippen LogP contribution is -2.31. The normalized spacial score (nSPS) is 21.9. The molecule has 1 aliphatic carbocycles. The van der Waals surface area contributed by atoms with Crippen molar-refractivity contribution in [1.29, 1.82) is 0 Å². The predicted octanol–water partition coefficient (Wildman–Crippen LogP) is 3.67. The molecule has 1 N–H and O–H groups in total. The summed E-state index contributed by atoms with van der Waals surface area (Å²) in [5.74, 6) is -2.62. The Hall–Kier alpha value is -1.52. The van der Waals surface area contributed by atoms with Crippen LogP contribution in [0.5, 0.6) is 0 Å². The van der Waals surface area contributed by atoms with E-state index in [1.807, 2.05) is 0 Å². The smallest absolute Gasteiger partial charge is 0.317 e. The number of aliphatic hydroxyl groups excluding tert-OH is 1. The van der Waals surface area contributed by atoms with E-state index < -0.39 is 17.8 Å². The van der Waals surface area contributed by atoms with Gasteiger partial charge < -0.3 is 9.84 Å². The molecule has 0 bridgehead atoms. The molecule has 1 aromatic carbocycles. The highest BCUT2D eigenvalue weighted by Gasteiger charge is 2.39. The fourth-order valence-corrected chi connectivity index (χ4v) is 3.01. The monoisotopic (exact) mass is 328 g/mol. The number of carbonyl (C=O) groups is 2. The molecule has 4 nitrogen and oxygen atoms in total. The first kappa shape index (κ1) is 15.9. The summed E-state index contributed by atoms with van der Waals surface area (Å²) in [6.45, 7) is 1.87. The standard InChI is InChI=1S/C15H14Cl2O4/c1-2-21-15(20)14-11(6-9(18)7-13(14)19)10-4-3-8(16)5-12(10)17/h3-5,7,11,14,19H,2,6H2,1H3. The second-order valence-corrected chi connectivity index (χ2v) is 5.59. The number of allylic oxidation sites excluding steroid dienone is 1. The quantitative estimate of drug-likeness (QED) is 0.860. The molecule has 0 saturated heterocycles. The molecule has 0 fully saturated rings. The minimum atomic E-state index is -0.929. The Morgan fingerprint density at radius 3 is 2.76 bits per heavy atom. The SMILES string of the molecule is CCOC(=O)C1C(O)=CC(=O)CC1c1ccc(Cl)cc1Cl. The minimum Gasteiger partial charge on any atom is -0.511 e. The van der Waals surface area contributed by atoms with Crippen molar-refractivity contribution < 1.29 is 19.4 Å². The van der Waals surface area contributed by atoms with E-state index in [2.05, 4.69) is 0 Å². The molecule has 2 atom stereocenters. The van der Waals surface area contributed by atoms with Crippen molar-refractivity contribution in [3.8, 4) is 0 Å². The van der Waals surface area contributed by atoms with Crippen LogP contribution in [0.2, 0.25) is 10.0 Å². The third kappa shape index (κ3) is 3.39. The minimum absolute atomic E-state index is 0.0783. The first-order valence-corrected chi connectivity index (χ1v) is 7.24. The molecule has 0 heterocycles. The number of carbonyl (C=O) groups excluding carboxylic acids is 2. The van der Waals surface area contributed by atoms with Crippen LogP contribution in [0, 0.1) is 5.92 Å². The summed E-state index contributed by atoms with van der Waals surface area (Å²) in [5, 5.41) is 10.8. The van der Waals surface area contributed by atoms with Gasteiger partial charge >= 0.3 is 5.97 Å². The van der Waals surface area contributed by atoms with Gasteiger partial charge in [-0.1, -0.05) is 29.3 Å². The lowest BCUT2D eigenvalue weighted by atomic mass is 9.77. The maximum atomic E-state index is 12.1. The molecular weight excluding hydrogens is 315 g/mol. The fourth-order valence-electron chi connectivity index (χ4n) is 2.46.